The number of carbonyl (C=O) groups is 2. The molecule has 0 atom stereocenters. The number of hydrogen-bond donors (Lipinski definition) is 1. The molecule has 0 aliphatic rings. The summed E-state index contributed by atoms with van der Waals surface area (Å²) in [5, 5.41) is 5.10. The molecular weight excluding hydrogens is 452 g/mol. The van der Waals surface area contributed by atoms with Crippen LogP contribution in [0, 0.1) is 0 Å². The average molecular weight is 475 g/mol. The fourth-order valence-corrected chi connectivity index (χ4v) is 3.76. The molecule has 1 amide bonds. The topological polar surface area (TPSA) is 84.4 Å². The van der Waals surface area contributed by atoms with Crippen molar-refractivity contribution < 1.29 is 14.3 Å². The lowest BCUT2D eigenvalue weighted by atomic mass is 10.1. The van der Waals surface area contributed by atoms with Crippen LogP contribution in [-0.4, -0.2) is 35.9 Å². The van der Waals surface area contributed by atoms with E-state index in [-0.39, 0.29) is 16.8 Å². The zero-order valence-electron chi connectivity index (χ0n) is 19.0. The number of rotatable bonds is 6. The van der Waals surface area contributed by atoms with Gasteiger partial charge in [-0.05, 0) is 40.6 Å². The summed E-state index contributed by atoms with van der Waals surface area (Å²) in [7, 11) is 3.55. The molecule has 4 rings (SSSR count). The minimum Gasteiger partial charge on any atom is -0.419 e. The van der Waals surface area contributed by atoms with E-state index >= 15 is 0 Å². The van der Waals surface area contributed by atoms with Crippen LogP contribution in [0.2, 0.25) is 5.15 Å². The van der Waals surface area contributed by atoms with Gasteiger partial charge in [0.1, 0.15) is 5.82 Å². The Morgan fingerprint density at radius 3 is 2.47 bits per heavy atom. The molecule has 0 saturated carbocycles. The van der Waals surface area contributed by atoms with Crippen LogP contribution in [0.5, 0.6) is 5.75 Å². The summed E-state index contributed by atoms with van der Waals surface area (Å²) < 4.78 is 5.19. The second-order valence-corrected chi connectivity index (χ2v) is 8.32. The summed E-state index contributed by atoms with van der Waals surface area (Å²) in [6, 6.07) is 21.0. The lowest BCUT2D eigenvalue weighted by molar-refractivity contribution is -0.131. The summed E-state index contributed by atoms with van der Waals surface area (Å²) in [6.07, 6.45) is 0.376. The maximum absolute atomic E-state index is 12.8. The van der Waals surface area contributed by atoms with Crippen molar-refractivity contribution in [1.29, 1.82) is 0 Å². The highest BCUT2D eigenvalue weighted by molar-refractivity contribution is 6.31. The lowest BCUT2D eigenvalue weighted by Gasteiger charge is -2.17. The fourth-order valence-electron chi connectivity index (χ4n) is 3.54. The van der Waals surface area contributed by atoms with E-state index in [1.807, 2.05) is 66.7 Å². The first-order chi connectivity index (χ1) is 16.3. The molecule has 172 valence electrons. The number of nitrogens with zero attached hydrogens (tertiary/aromatic N) is 3. The van der Waals surface area contributed by atoms with Crippen molar-refractivity contribution >= 4 is 45.8 Å². The van der Waals surface area contributed by atoms with Crippen LogP contribution in [0.4, 0.5) is 11.5 Å². The monoisotopic (exact) mass is 474 g/mol. The van der Waals surface area contributed by atoms with Crippen molar-refractivity contribution in [3.05, 3.63) is 88.8 Å². The number of halogens is 1. The minimum atomic E-state index is -0.504. The second kappa shape index (κ2) is 9.89. The van der Waals surface area contributed by atoms with E-state index < -0.39 is 5.97 Å². The van der Waals surface area contributed by atoms with Gasteiger partial charge in [-0.15, -0.1) is 0 Å². The Morgan fingerprint density at radius 2 is 1.74 bits per heavy atom. The largest absolute Gasteiger partial charge is 0.419 e. The summed E-state index contributed by atoms with van der Waals surface area (Å²) in [5.74, 6) is 0.298. The highest BCUT2D eigenvalue weighted by Crippen LogP contribution is 2.32. The molecule has 0 saturated heterocycles. The van der Waals surface area contributed by atoms with E-state index in [1.54, 1.807) is 19.0 Å². The van der Waals surface area contributed by atoms with E-state index in [2.05, 4.69) is 15.3 Å². The van der Waals surface area contributed by atoms with Crippen LogP contribution in [0.25, 0.3) is 10.8 Å². The molecule has 0 aliphatic carbocycles. The summed E-state index contributed by atoms with van der Waals surface area (Å²) in [5.41, 5.74) is 2.12. The molecule has 0 unspecified atom stereocenters. The van der Waals surface area contributed by atoms with Crippen LogP contribution in [0.3, 0.4) is 0 Å². The molecule has 8 heteroatoms. The van der Waals surface area contributed by atoms with Crippen molar-refractivity contribution in [2.75, 3.05) is 24.3 Å². The van der Waals surface area contributed by atoms with Gasteiger partial charge in [0.15, 0.2) is 11.0 Å². The third-order valence-corrected chi connectivity index (χ3v) is 5.34. The van der Waals surface area contributed by atoms with E-state index in [1.165, 1.54) is 6.92 Å². The van der Waals surface area contributed by atoms with Gasteiger partial charge in [-0.1, -0.05) is 54.1 Å². The smallest absolute Gasteiger partial charge is 0.308 e. The molecule has 1 heterocycles. The number of benzene rings is 3. The van der Waals surface area contributed by atoms with Gasteiger partial charge in [-0.2, -0.15) is 0 Å². The molecule has 0 radical (unpaired) electrons. The molecule has 0 spiro atoms. The van der Waals surface area contributed by atoms with Gasteiger partial charge in [0, 0.05) is 38.7 Å². The van der Waals surface area contributed by atoms with Crippen molar-refractivity contribution in [3.8, 4) is 5.75 Å². The van der Waals surface area contributed by atoms with E-state index in [0.29, 0.717) is 29.3 Å². The number of hydrogen-bond acceptors (Lipinski definition) is 6. The standard InChI is InChI=1S/C26H23ClN4O3/c1-16(32)34-23-24(27)29-22(30-25(23)31(2)3)14-17-7-6-10-21(13-17)28-26(33)20-12-11-18-8-4-5-9-19(18)15-20/h4-13,15H,14H2,1-3H3,(H,28,33). The Kier molecular flexibility index (Phi) is 6.75. The first-order valence-electron chi connectivity index (χ1n) is 10.6. The van der Waals surface area contributed by atoms with Crippen molar-refractivity contribution in [2.45, 2.75) is 13.3 Å². The zero-order valence-corrected chi connectivity index (χ0v) is 19.8. The Hall–Kier alpha value is -3.97. The fraction of sp³-hybridized carbons (Fsp3) is 0.154. The predicted octanol–water partition coefficient (Wildman–Crippen LogP) is 5.12. The number of anilines is 2. The highest BCUT2D eigenvalue weighted by Gasteiger charge is 2.18. The summed E-state index contributed by atoms with van der Waals surface area (Å²) in [6.45, 7) is 1.29. The maximum atomic E-state index is 12.8. The first-order valence-corrected chi connectivity index (χ1v) is 11.0. The molecule has 3 aromatic carbocycles. The molecule has 1 aromatic heterocycles. The minimum absolute atomic E-state index is 0.0599. The quantitative estimate of drug-likeness (QED) is 0.308. The number of amides is 1. The van der Waals surface area contributed by atoms with Crippen molar-refractivity contribution in [2.24, 2.45) is 0 Å². The molecule has 0 aliphatic heterocycles. The third-order valence-electron chi connectivity index (χ3n) is 5.08. The molecular formula is C26H23ClN4O3. The van der Waals surface area contributed by atoms with Crippen LogP contribution < -0.4 is 15.0 Å². The maximum Gasteiger partial charge on any atom is 0.308 e. The Bertz CT molecular complexity index is 1390. The number of aromatic nitrogens is 2. The van der Waals surface area contributed by atoms with Crippen LogP contribution in [-0.2, 0) is 11.2 Å². The Morgan fingerprint density at radius 1 is 0.971 bits per heavy atom. The van der Waals surface area contributed by atoms with E-state index in [9.17, 15) is 9.59 Å². The molecule has 1 N–H and O–H groups in total. The SMILES string of the molecule is CC(=O)Oc1c(Cl)nc(Cc2cccc(NC(=O)c3ccc4ccccc4c3)c2)nc1N(C)C. The van der Waals surface area contributed by atoms with Gasteiger partial charge in [0.05, 0.1) is 0 Å². The van der Waals surface area contributed by atoms with Crippen molar-refractivity contribution in [3.63, 3.8) is 0 Å². The van der Waals surface area contributed by atoms with Gasteiger partial charge in [0.25, 0.3) is 5.91 Å². The molecule has 0 fully saturated rings. The van der Waals surface area contributed by atoms with E-state index in [4.69, 9.17) is 16.3 Å². The summed E-state index contributed by atoms with van der Waals surface area (Å²) in [4.78, 5) is 34.7. The lowest BCUT2D eigenvalue weighted by Crippen LogP contribution is -2.16. The molecule has 7 nitrogen and oxygen atoms in total. The normalized spacial score (nSPS) is 10.7. The number of nitrogens with one attached hydrogen (secondary N) is 1. The zero-order chi connectivity index (χ0) is 24.2. The van der Waals surface area contributed by atoms with Gasteiger partial charge >= 0.3 is 5.97 Å². The third kappa shape index (κ3) is 5.32. The van der Waals surface area contributed by atoms with Crippen LogP contribution in [0.1, 0.15) is 28.7 Å². The predicted molar refractivity (Wildman–Crippen MR) is 134 cm³/mol. The van der Waals surface area contributed by atoms with Crippen LogP contribution >= 0.6 is 11.6 Å². The Labute approximate surface area is 202 Å². The molecule has 0 bridgehead atoms. The number of fused-ring (bicyclic) bond motifs is 1. The van der Waals surface area contributed by atoms with Gasteiger partial charge in [-0.3, -0.25) is 9.59 Å². The summed E-state index contributed by atoms with van der Waals surface area (Å²) >= 11 is 6.29. The van der Waals surface area contributed by atoms with Crippen molar-refractivity contribution in [1.82, 2.24) is 9.97 Å². The highest BCUT2D eigenvalue weighted by atomic mass is 35.5. The number of ether oxygens (including phenoxy) is 1. The molecule has 34 heavy (non-hydrogen) atoms. The number of carbonyl (C=O) groups excluding carboxylic acids is 2. The average Bonchev–Trinajstić information content (AvgIpc) is 2.80. The van der Waals surface area contributed by atoms with Crippen LogP contribution in [0.15, 0.2) is 66.7 Å². The molecule has 4 aromatic rings. The van der Waals surface area contributed by atoms with Gasteiger partial charge in [0.2, 0.25) is 5.75 Å². The van der Waals surface area contributed by atoms with E-state index in [0.717, 1.165) is 16.3 Å². The van der Waals surface area contributed by atoms with Gasteiger partial charge in [-0.25, -0.2) is 9.97 Å². The van der Waals surface area contributed by atoms with Gasteiger partial charge < -0.3 is 15.0 Å². The second-order valence-electron chi connectivity index (χ2n) is 7.96. The Balaban J connectivity index is 1.54. The first kappa shape index (κ1) is 23.2. The number of esters is 1.